The van der Waals surface area contributed by atoms with Crippen molar-refractivity contribution < 1.29 is 29.3 Å². The highest BCUT2D eigenvalue weighted by molar-refractivity contribution is 6.30. The number of carbonyl (C=O) groups excluding carboxylic acids is 2. The van der Waals surface area contributed by atoms with Gasteiger partial charge in [0.2, 0.25) is 0 Å². The molecule has 0 saturated heterocycles. The number of esters is 1. The fraction of sp³-hybridized carbons (Fsp3) is 0.711. The van der Waals surface area contributed by atoms with Gasteiger partial charge in [0.1, 0.15) is 12.2 Å². The van der Waals surface area contributed by atoms with Crippen molar-refractivity contribution in [3.63, 3.8) is 0 Å². The van der Waals surface area contributed by atoms with Crippen LogP contribution in [0.2, 0.25) is 5.02 Å². The maximum atomic E-state index is 14.2. The molecule has 9 atom stereocenters. The normalized spacial score (nSPS) is 36.1. The number of aliphatic carboxylic acids is 1. The molecule has 9 nitrogen and oxygen atoms in total. The van der Waals surface area contributed by atoms with Crippen LogP contribution in [0.1, 0.15) is 138 Å². The van der Waals surface area contributed by atoms with Crippen LogP contribution in [-0.4, -0.2) is 48.8 Å². The van der Waals surface area contributed by atoms with Crippen molar-refractivity contribution in [2.24, 2.45) is 63.2 Å². The first-order valence-corrected chi connectivity index (χ1v) is 21.0. The summed E-state index contributed by atoms with van der Waals surface area (Å²) >= 11 is 6.18. The van der Waals surface area contributed by atoms with Crippen molar-refractivity contribution in [2.75, 3.05) is 0 Å². The first-order chi connectivity index (χ1) is 25.5. The third-order valence-electron chi connectivity index (χ3n) is 16.6. The third-order valence-corrected chi connectivity index (χ3v) is 16.9. The Morgan fingerprint density at radius 1 is 0.945 bits per heavy atom. The molecule has 5 aliphatic carbocycles. The summed E-state index contributed by atoms with van der Waals surface area (Å²) in [5, 5.41) is 32.0. The standard InChI is InChI=1S/C45H62ClN3O6/c1-25(2)34-29(50)23-45(36(52)38-48-47-37(49(38)10)26-11-13-27(46)14-12-26)22-21-43(8)28(35(34)45)15-16-31-42(7)19-18-32(55-33(51)24-40(3,4)39(53)54)41(5,6)30(42)17-20-44(31,43)9/h11-14,25,28,30-32,36,52H,15-24H2,1-10H3,(H,53,54)/t28-,30+,31-,32+,36-,42+,43-,44-,45-/m1/s1. The first-order valence-electron chi connectivity index (χ1n) is 20.6. The fourth-order valence-corrected chi connectivity index (χ4v) is 13.6. The Labute approximate surface area is 332 Å². The number of benzene rings is 1. The van der Waals surface area contributed by atoms with E-state index in [1.54, 1.807) is 13.8 Å². The van der Waals surface area contributed by atoms with E-state index < -0.39 is 28.9 Å². The maximum absolute atomic E-state index is 14.2. The van der Waals surface area contributed by atoms with E-state index in [0.717, 1.165) is 56.1 Å². The predicted octanol–water partition coefficient (Wildman–Crippen LogP) is 9.56. The molecular weight excluding hydrogens is 714 g/mol. The number of carboxylic acids is 1. The molecule has 5 aliphatic rings. The predicted molar refractivity (Wildman–Crippen MR) is 212 cm³/mol. The molecule has 300 valence electrons. The summed E-state index contributed by atoms with van der Waals surface area (Å²) in [6.07, 6.45) is 6.29. The molecule has 0 bridgehead atoms. The van der Waals surface area contributed by atoms with Crippen LogP contribution in [0.5, 0.6) is 0 Å². The van der Waals surface area contributed by atoms with E-state index in [1.165, 1.54) is 5.57 Å². The molecule has 0 amide bonds. The van der Waals surface area contributed by atoms with Gasteiger partial charge in [0.05, 0.1) is 11.8 Å². The summed E-state index contributed by atoms with van der Waals surface area (Å²) in [7, 11) is 1.90. The highest BCUT2D eigenvalue weighted by atomic mass is 35.5. The number of halogens is 1. The van der Waals surface area contributed by atoms with Crippen molar-refractivity contribution in [1.82, 2.24) is 14.8 Å². The van der Waals surface area contributed by atoms with Crippen LogP contribution in [0.3, 0.4) is 0 Å². The van der Waals surface area contributed by atoms with E-state index in [4.69, 9.17) is 16.3 Å². The number of aromatic nitrogens is 3. The van der Waals surface area contributed by atoms with E-state index in [9.17, 15) is 24.6 Å². The third kappa shape index (κ3) is 5.81. The summed E-state index contributed by atoms with van der Waals surface area (Å²) in [4.78, 5) is 39.2. The van der Waals surface area contributed by atoms with Crippen LogP contribution >= 0.6 is 11.6 Å². The molecule has 2 aromatic rings. The molecule has 1 heterocycles. The Kier molecular flexibility index (Phi) is 9.68. The van der Waals surface area contributed by atoms with Gasteiger partial charge in [0.15, 0.2) is 17.4 Å². The molecule has 55 heavy (non-hydrogen) atoms. The van der Waals surface area contributed by atoms with Gasteiger partial charge in [-0.2, -0.15) is 0 Å². The molecule has 0 aliphatic heterocycles. The number of Topliss-reactive ketones (excluding diaryl/α,β-unsaturated/α-hetero) is 1. The second-order valence-electron chi connectivity index (χ2n) is 20.4. The van der Waals surface area contributed by atoms with E-state index in [-0.39, 0.29) is 51.8 Å². The lowest BCUT2D eigenvalue weighted by Crippen LogP contribution is -2.66. The Morgan fingerprint density at radius 3 is 2.25 bits per heavy atom. The molecular formula is C45H62ClN3O6. The number of aliphatic hydroxyl groups excluding tert-OH is 1. The number of hydrogen-bond donors (Lipinski definition) is 2. The van der Waals surface area contributed by atoms with Gasteiger partial charge in [0.25, 0.3) is 0 Å². The van der Waals surface area contributed by atoms with Gasteiger partial charge in [-0.3, -0.25) is 14.4 Å². The van der Waals surface area contributed by atoms with Gasteiger partial charge in [0, 0.05) is 34.9 Å². The average molecular weight is 776 g/mol. The Hall–Kier alpha value is -3.04. The van der Waals surface area contributed by atoms with Gasteiger partial charge in [-0.05, 0) is 141 Å². The number of allylic oxidation sites excluding steroid dienone is 1. The molecule has 1 aromatic carbocycles. The van der Waals surface area contributed by atoms with Crippen LogP contribution in [0.25, 0.3) is 11.4 Å². The molecule has 7 rings (SSSR count). The van der Waals surface area contributed by atoms with Gasteiger partial charge in [-0.1, -0.05) is 60.1 Å². The molecule has 2 N–H and O–H groups in total. The zero-order valence-electron chi connectivity index (χ0n) is 34.6. The molecule has 10 heteroatoms. The lowest BCUT2D eigenvalue weighted by atomic mass is 9.33. The van der Waals surface area contributed by atoms with Crippen LogP contribution < -0.4 is 0 Å². The van der Waals surface area contributed by atoms with Crippen LogP contribution in [0, 0.1) is 56.2 Å². The molecule has 1 aromatic heterocycles. The molecule has 4 saturated carbocycles. The van der Waals surface area contributed by atoms with E-state index in [2.05, 4.69) is 58.7 Å². The number of carboxylic acid groups (broad SMARTS) is 1. The number of aliphatic hydroxyl groups is 1. The van der Waals surface area contributed by atoms with Gasteiger partial charge in [-0.15, -0.1) is 10.2 Å². The SMILES string of the molecule is CC(C)C1=C2[C@H]3CC[C@@H]4[C@@]5(C)CC[C@H](OC(=O)CC(C)(C)C(=O)O)C(C)(C)[C@@H]5CC[C@@]4(C)[C@]3(C)CC[C@@]2([C@H](O)c2nnc(-c3ccc(Cl)cc3)n2C)CC1=O. The average Bonchev–Trinajstić information content (AvgIpc) is 3.63. The number of hydrogen-bond acceptors (Lipinski definition) is 7. The lowest BCUT2D eigenvalue weighted by molar-refractivity contribution is -0.235. The minimum atomic E-state index is -1.18. The number of ketones is 1. The second-order valence-corrected chi connectivity index (χ2v) is 20.8. The van der Waals surface area contributed by atoms with Crippen molar-refractivity contribution in [3.05, 3.63) is 46.3 Å². The highest BCUT2D eigenvalue weighted by Gasteiger charge is 2.71. The van der Waals surface area contributed by atoms with Crippen LogP contribution in [0.4, 0.5) is 0 Å². The molecule has 0 unspecified atom stereocenters. The quantitative estimate of drug-likeness (QED) is 0.254. The number of nitrogens with zero attached hydrogens (tertiary/aromatic N) is 3. The summed E-state index contributed by atoms with van der Waals surface area (Å²) in [5.74, 6) is 0.858. The number of carbonyl (C=O) groups is 3. The summed E-state index contributed by atoms with van der Waals surface area (Å²) < 4.78 is 8.06. The molecule has 4 fully saturated rings. The summed E-state index contributed by atoms with van der Waals surface area (Å²) in [6.45, 7) is 19.5. The molecule has 0 radical (unpaired) electrons. The van der Waals surface area contributed by atoms with Crippen molar-refractivity contribution in [3.8, 4) is 11.4 Å². The van der Waals surface area contributed by atoms with Gasteiger partial charge < -0.3 is 19.5 Å². The number of rotatable bonds is 8. The minimum absolute atomic E-state index is 0.00333. The minimum Gasteiger partial charge on any atom is -0.481 e. The molecule has 0 spiro atoms. The fourth-order valence-electron chi connectivity index (χ4n) is 13.5. The Balaban J connectivity index is 1.21. The second kappa shape index (κ2) is 13.3. The van der Waals surface area contributed by atoms with E-state index in [0.29, 0.717) is 41.3 Å². The van der Waals surface area contributed by atoms with E-state index in [1.807, 2.05) is 35.9 Å². The van der Waals surface area contributed by atoms with Crippen LogP contribution in [-0.2, 0) is 26.2 Å². The number of ether oxygens (including phenoxy) is 1. The van der Waals surface area contributed by atoms with E-state index >= 15 is 0 Å². The van der Waals surface area contributed by atoms with Gasteiger partial charge in [-0.25, -0.2) is 0 Å². The largest absolute Gasteiger partial charge is 0.481 e. The van der Waals surface area contributed by atoms with Gasteiger partial charge >= 0.3 is 11.9 Å². The highest BCUT2D eigenvalue weighted by Crippen LogP contribution is 2.77. The zero-order valence-corrected chi connectivity index (χ0v) is 35.3. The monoisotopic (exact) mass is 775 g/mol. The summed E-state index contributed by atoms with van der Waals surface area (Å²) in [6, 6.07) is 7.47. The van der Waals surface area contributed by atoms with Crippen molar-refractivity contribution >= 4 is 29.3 Å². The Morgan fingerprint density at radius 2 is 1.62 bits per heavy atom. The smallest absolute Gasteiger partial charge is 0.309 e. The maximum Gasteiger partial charge on any atom is 0.309 e. The lowest BCUT2D eigenvalue weighted by Gasteiger charge is -2.72. The Bertz CT molecular complexity index is 1930. The van der Waals surface area contributed by atoms with Crippen LogP contribution in [0.15, 0.2) is 35.4 Å². The summed E-state index contributed by atoms with van der Waals surface area (Å²) in [5.41, 5.74) is 0.731. The first kappa shape index (κ1) is 40.2. The number of fused-ring (bicyclic) bond motifs is 7. The topological polar surface area (TPSA) is 132 Å². The van der Waals surface area contributed by atoms with Crippen molar-refractivity contribution in [1.29, 1.82) is 0 Å². The zero-order chi connectivity index (χ0) is 40.3. The van der Waals surface area contributed by atoms with Crippen molar-refractivity contribution in [2.45, 2.75) is 139 Å².